The molecule has 0 saturated heterocycles. The minimum atomic E-state index is -0.974. The standard InChI is InChI=1S/C26H28N6O4/c1-18-10-12-19(13-11-18)25-28-30-32(29-25)17-23(33)31(16-21-8-4-14-35-21)24(22-9-5-15-36-22)26(34)27-20-6-2-3-7-20/h4-5,8-15,20,24H,2-3,6-7,16-17H2,1H3,(H,27,34). The summed E-state index contributed by atoms with van der Waals surface area (Å²) in [6.07, 6.45) is 7.03. The lowest BCUT2D eigenvalue weighted by Gasteiger charge is -2.30. The number of nitrogens with one attached hydrogen (secondary N) is 1. The average molecular weight is 489 g/mol. The normalized spacial score (nSPS) is 14.6. The van der Waals surface area contributed by atoms with E-state index >= 15 is 0 Å². The summed E-state index contributed by atoms with van der Waals surface area (Å²) < 4.78 is 11.1. The van der Waals surface area contributed by atoms with Crippen molar-refractivity contribution < 1.29 is 18.4 Å². The molecule has 1 aliphatic rings. The zero-order chi connectivity index (χ0) is 24.9. The molecule has 10 heteroatoms. The lowest BCUT2D eigenvalue weighted by Crippen LogP contribution is -2.46. The van der Waals surface area contributed by atoms with Gasteiger partial charge in [-0.3, -0.25) is 9.59 Å². The van der Waals surface area contributed by atoms with Gasteiger partial charge in [0, 0.05) is 11.6 Å². The van der Waals surface area contributed by atoms with Crippen LogP contribution in [0.25, 0.3) is 11.4 Å². The highest BCUT2D eigenvalue weighted by atomic mass is 16.3. The van der Waals surface area contributed by atoms with Gasteiger partial charge in [-0.15, -0.1) is 10.2 Å². The van der Waals surface area contributed by atoms with Crippen molar-refractivity contribution in [1.82, 2.24) is 30.4 Å². The number of aromatic nitrogens is 4. The Labute approximate surface area is 208 Å². The molecule has 3 heterocycles. The molecular formula is C26H28N6O4. The monoisotopic (exact) mass is 488 g/mol. The molecule has 1 fully saturated rings. The third kappa shape index (κ3) is 5.37. The molecule has 1 atom stereocenters. The molecule has 4 aromatic rings. The first-order chi connectivity index (χ1) is 17.6. The van der Waals surface area contributed by atoms with Gasteiger partial charge in [-0.1, -0.05) is 42.7 Å². The molecule has 3 aromatic heterocycles. The minimum Gasteiger partial charge on any atom is -0.467 e. The minimum absolute atomic E-state index is 0.0782. The van der Waals surface area contributed by atoms with Crippen LogP contribution >= 0.6 is 0 Å². The van der Waals surface area contributed by atoms with Gasteiger partial charge in [-0.2, -0.15) is 4.80 Å². The van der Waals surface area contributed by atoms with Crippen LogP contribution in [0.5, 0.6) is 0 Å². The molecule has 36 heavy (non-hydrogen) atoms. The van der Waals surface area contributed by atoms with Crippen LogP contribution in [0.15, 0.2) is 69.9 Å². The molecule has 0 radical (unpaired) electrons. The van der Waals surface area contributed by atoms with Gasteiger partial charge in [-0.25, -0.2) is 0 Å². The van der Waals surface area contributed by atoms with Gasteiger partial charge in [0.1, 0.15) is 18.1 Å². The van der Waals surface area contributed by atoms with Crippen molar-refractivity contribution in [3.8, 4) is 11.4 Å². The van der Waals surface area contributed by atoms with Crippen LogP contribution in [-0.4, -0.2) is 43.0 Å². The highest BCUT2D eigenvalue weighted by Crippen LogP contribution is 2.27. The largest absolute Gasteiger partial charge is 0.467 e. The van der Waals surface area contributed by atoms with Crippen molar-refractivity contribution >= 4 is 11.8 Å². The summed E-state index contributed by atoms with van der Waals surface area (Å²) in [6.45, 7) is 1.88. The van der Waals surface area contributed by atoms with Gasteiger partial charge in [0.15, 0.2) is 6.04 Å². The summed E-state index contributed by atoms with van der Waals surface area (Å²) >= 11 is 0. The van der Waals surface area contributed by atoms with E-state index in [-0.39, 0.29) is 30.9 Å². The van der Waals surface area contributed by atoms with E-state index in [4.69, 9.17) is 8.83 Å². The molecule has 10 nitrogen and oxygen atoms in total. The SMILES string of the molecule is Cc1ccc(-c2nnn(CC(=O)N(Cc3ccco3)C(C(=O)NC3CCCC3)c3ccco3)n2)cc1. The zero-order valence-electron chi connectivity index (χ0n) is 20.0. The van der Waals surface area contributed by atoms with E-state index in [0.717, 1.165) is 36.8 Å². The summed E-state index contributed by atoms with van der Waals surface area (Å²) in [6, 6.07) is 13.8. The molecule has 1 N–H and O–H groups in total. The summed E-state index contributed by atoms with van der Waals surface area (Å²) in [7, 11) is 0. The maximum Gasteiger partial charge on any atom is 0.250 e. The van der Waals surface area contributed by atoms with Crippen LogP contribution in [0.3, 0.4) is 0 Å². The van der Waals surface area contributed by atoms with Crippen LogP contribution in [0, 0.1) is 6.92 Å². The topological polar surface area (TPSA) is 119 Å². The molecule has 2 amide bonds. The zero-order valence-corrected chi connectivity index (χ0v) is 20.0. The van der Waals surface area contributed by atoms with Crippen LogP contribution in [0.4, 0.5) is 0 Å². The van der Waals surface area contributed by atoms with Crippen LogP contribution in [0.2, 0.25) is 0 Å². The second kappa shape index (κ2) is 10.6. The second-order valence-electron chi connectivity index (χ2n) is 9.02. The van der Waals surface area contributed by atoms with Gasteiger partial charge >= 0.3 is 0 Å². The summed E-state index contributed by atoms with van der Waals surface area (Å²) in [5, 5.41) is 15.6. The number of hydrogen-bond acceptors (Lipinski definition) is 7. The third-order valence-corrected chi connectivity index (χ3v) is 6.34. The number of tetrazole rings is 1. The van der Waals surface area contributed by atoms with Gasteiger partial charge in [-0.05, 0) is 49.2 Å². The third-order valence-electron chi connectivity index (χ3n) is 6.34. The number of furan rings is 2. The number of carbonyl (C=O) groups excluding carboxylic acids is 2. The molecular weight excluding hydrogens is 460 g/mol. The van der Waals surface area contributed by atoms with Crippen molar-refractivity contribution in [3.63, 3.8) is 0 Å². The molecule has 186 valence electrons. The molecule has 1 aliphatic carbocycles. The Morgan fingerprint density at radius 1 is 1.08 bits per heavy atom. The fraction of sp³-hybridized carbons (Fsp3) is 0.346. The summed E-state index contributed by atoms with van der Waals surface area (Å²) in [4.78, 5) is 29.8. The number of carbonyl (C=O) groups is 2. The Balaban J connectivity index is 1.41. The Kier molecular flexibility index (Phi) is 6.92. The van der Waals surface area contributed by atoms with Crippen molar-refractivity contribution in [2.45, 2.75) is 57.8 Å². The molecule has 5 rings (SSSR count). The number of nitrogens with zero attached hydrogens (tertiary/aromatic N) is 5. The second-order valence-corrected chi connectivity index (χ2v) is 9.02. The predicted octanol–water partition coefficient (Wildman–Crippen LogP) is 3.66. The van der Waals surface area contributed by atoms with Crippen molar-refractivity contribution in [2.24, 2.45) is 0 Å². The van der Waals surface area contributed by atoms with E-state index in [2.05, 4.69) is 20.7 Å². The average Bonchev–Trinajstić information content (AvgIpc) is 3.68. The Morgan fingerprint density at radius 2 is 1.83 bits per heavy atom. The van der Waals surface area contributed by atoms with E-state index in [1.54, 1.807) is 24.3 Å². The first kappa shape index (κ1) is 23.5. The van der Waals surface area contributed by atoms with E-state index in [1.165, 1.54) is 22.2 Å². The smallest absolute Gasteiger partial charge is 0.250 e. The molecule has 0 aliphatic heterocycles. The van der Waals surface area contributed by atoms with Crippen molar-refractivity contribution in [3.05, 3.63) is 78.1 Å². The maximum absolute atomic E-state index is 13.6. The number of amides is 2. The van der Waals surface area contributed by atoms with Gasteiger partial charge in [0.05, 0.1) is 19.1 Å². The maximum atomic E-state index is 13.6. The predicted molar refractivity (Wildman–Crippen MR) is 129 cm³/mol. The van der Waals surface area contributed by atoms with Gasteiger partial charge < -0.3 is 19.1 Å². The molecule has 1 aromatic carbocycles. The van der Waals surface area contributed by atoms with E-state index < -0.39 is 6.04 Å². The van der Waals surface area contributed by atoms with E-state index in [9.17, 15) is 9.59 Å². The van der Waals surface area contributed by atoms with Crippen LogP contribution in [-0.2, 0) is 22.7 Å². The summed E-state index contributed by atoms with van der Waals surface area (Å²) in [5.41, 5.74) is 1.92. The number of benzene rings is 1. The quantitative estimate of drug-likeness (QED) is 0.382. The molecule has 0 spiro atoms. The number of aryl methyl sites for hydroxylation is 1. The highest BCUT2D eigenvalue weighted by Gasteiger charge is 2.36. The lowest BCUT2D eigenvalue weighted by molar-refractivity contribution is -0.143. The van der Waals surface area contributed by atoms with Gasteiger partial charge in [0.2, 0.25) is 11.7 Å². The van der Waals surface area contributed by atoms with E-state index in [1.807, 2.05) is 31.2 Å². The Morgan fingerprint density at radius 3 is 2.53 bits per heavy atom. The number of hydrogen-bond donors (Lipinski definition) is 1. The fourth-order valence-electron chi connectivity index (χ4n) is 4.46. The molecule has 1 unspecified atom stereocenters. The molecule has 0 bridgehead atoms. The Bertz CT molecular complexity index is 1270. The van der Waals surface area contributed by atoms with Crippen molar-refractivity contribution in [1.29, 1.82) is 0 Å². The first-order valence-electron chi connectivity index (χ1n) is 12.1. The molecule has 1 saturated carbocycles. The lowest BCUT2D eigenvalue weighted by atomic mass is 10.1. The Hall–Kier alpha value is -4.21. The van der Waals surface area contributed by atoms with Crippen LogP contribution in [0.1, 0.15) is 48.8 Å². The number of rotatable bonds is 9. The van der Waals surface area contributed by atoms with Crippen molar-refractivity contribution in [2.75, 3.05) is 0 Å². The fourth-order valence-corrected chi connectivity index (χ4v) is 4.46. The highest BCUT2D eigenvalue weighted by molar-refractivity contribution is 5.88. The van der Waals surface area contributed by atoms with Gasteiger partial charge in [0.25, 0.3) is 5.91 Å². The van der Waals surface area contributed by atoms with Crippen LogP contribution < -0.4 is 5.32 Å². The summed E-state index contributed by atoms with van der Waals surface area (Å²) in [5.74, 6) is 0.672. The van der Waals surface area contributed by atoms with E-state index in [0.29, 0.717) is 17.3 Å². The first-order valence-corrected chi connectivity index (χ1v) is 12.1.